The van der Waals surface area contributed by atoms with Gasteiger partial charge in [-0.3, -0.25) is 4.79 Å². The number of rotatable bonds is 8. The highest BCUT2D eigenvalue weighted by Crippen LogP contribution is 2.35. The Hall–Kier alpha value is -3.77. The molecule has 1 heterocycles. The van der Waals surface area contributed by atoms with Crippen LogP contribution in [-0.2, 0) is 0 Å². The van der Waals surface area contributed by atoms with Gasteiger partial charge in [0, 0.05) is 22.2 Å². The summed E-state index contributed by atoms with van der Waals surface area (Å²) in [6, 6.07) is 19.4. The van der Waals surface area contributed by atoms with Gasteiger partial charge in [-0.2, -0.15) is 0 Å². The molecule has 1 aromatic heterocycles. The van der Waals surface area contributed by atoms with E-state index in [4.69, 9.17) is 21.1 Å². The Balaban J connectivity index is 1.51. The molecule has 1 aliphatic rings. The van der Waals surface area contributed by atoms with Crippen molar-refractivity contribution in [2.75, 3.05) is 0 Å². The molecule has 0 radical (unpaired) electrons. The molecule has 0 spiro atoms. The van der Waals surface area contributed by atoms with Gasteiger partial charge < -0.3 is 19.1 Å². The van der Waals surface area contributed by atoms with E-state index < -0.39 is 5.97 Å². The number of hydrogen-bond acceptors (Lipinski definition) is 4. The first-order valence-electron chi connectivity index (χ1n) is 12.5. The molecule has 0 saturated heterocycles. The van der Waals surface area contributed by atoms with Crippen LogP contribution in [-0.4, -0.2) is 33.6 Å². The fraction of sp³-hybridized carbons (Fsp3) is 0.267. The van der Waals surface area contributed by atoms with Crippen molar-refractivity contribution in [2.24, 2.45) is 0 Å². The number of nitrogens with zero attached hydrogens (tertiary/aromatic N) is 1. The minimum Gasteiger partial charge on any atom is -0.491 e. The van der Waals surface area contributed by atoms with Gasteiger partial charge in [-0.25, -0.2) is 4.79 Å². The Morgan fingerprint density at radius 2 is 1.65 bits per heavy atom. The van der Waals surface area contributed by atoms with E-state index in [0.29, 0.717) is 33.5 Å². The smallest absolute Gasteiger partial charge is 0.354 e. The lowest BCUT2D eigenvalue weighted by Crippen LogP contribution is -2.11. The molecule has 7 heteroatoms. The number of halogens is 1. The van der Waals surface area contributed by atoms with Crippen molar-refractivity contribution in [3.63, 3.8) is 0 Å². The van der Waals surface area contributed by atoms with E-state index in [9.17, 15) is 14.7 Å². The molecule has 0 unspecified atom stereocenters. The van der Waals surface area contributed by atoms with Crippen molar-refractivity contribution in [3.05, 3.63) is 88.6 Å². The van der Waals surface area contributed by atoms with Crippen molar-refractivity contribution in [1.82, 2.24) is 4.57 Å². The zero-order valence-electron chi connectivity index (χ0n) is 20.7. The average molecular weight is 518 g/mol. The van der Waals surface area contributed by atoms with Gasteiger partial charge in [0.1, 0.15) is 11.5 Å². The standard InChI is InChI=1S/C30H28ClNO5/c1-18(2)36-24-9-5-6-19(16-24)29(33)20-10-15-26-25(17-20)27(31)28(30(34)35)32(26)21-11-13-23(14-12-21)37-22-7-3-4-8-22/h5-6,9-18,22H,3-4,7-8H2,1-2H3,(H,34,35). The van der Waals surface area contributed by atoms with Crippen molar-refractivity contribution in [3.8, 4) is 17.2 Å². The van der Waals surface area contributed by atoms with E-state index in [1.807, 2.05) is 38.1 Å². The van der Waals surface area contributed by atoms with Crippen LogP contribution in [0.4, 0.5) is 0 Å². The monoisotopic (exact) mass is 517 g/mol. The Bertz CT molecular complexity index is 1470. The predicted octanol–water partition coefficient (Wildman–Crippen LogP) is 7.32. The highest BCUT2D eigenvalue weighted by atomic mass is 35.5. The largest absolute Gasteiger partial charge is 0.491 e. The van der Waals surface area contributed by atoms with Crippen molar-refractivity contribution in [2.45, 2.75) is 51.7 Å². The predicted molar refractivity (Wildman–Crippen MR) is 144 cm³/mol. The van der Waals surface area contributed by atoms with Gasteiger partial charge in [-0.05, 0) is 94.1 Å². The number of carboxylic acid groups (broad SMARTS) is 1. The summed E-state index contributed by atoms with van der Waals surface area (Å²) in [6.45, 7) is 3.84. The number of carbonyl (C=O) groups excluding carboxylic acids is 1. The average Bonchev–Trinajstić information content (AvgIpc) is 3.49. The third kappa shape index (κ3) is 5.07. The second kappa shape index (κ2) is 10.3. The van der Waals surface area contributed by atoms with Crippen molar-refractivity contribution >= 4 is 34.3 Å². The van der Waals surface area contributed by atoms with E-state index in [1.54, 1.807) is 47.0 Å². The maximum absolute atomic E-state index is 13.3. The first kappa shape index (κ1) is 24.9. The van der Waals surface area contributed by atoms with Crippen LogP contribution in [0.3, 0.4) is 0 Å². The Kier molecular flexibility index (Phi) is 6.94. The van der Waals surface area contributed by atoms with Gasteiger partial charge in [0.05, 0.1) is 22.7 Å². The van der Waals surface area contributed by atoms with Gasteiger partial charge in [0.15, 0.2) is 11.5 Å². The fourth-order valence-corrected chi connectivity index (χ4v) is 5.19. The lowest BCUT2D eigenvalue weighted by molar-refractivity contribution is 0.0688. The van der Waals surface area contributed by atoms with E-state index >= 15 is 0 Å². The third-order valence-electron chi connectivity index (χ3n) is 6.54. The molecule has 0 aliphatic heterocycles. The molecular formula is C30H28ClNO5. The molecule has 4 aromatic rings. The Labute approximate surface area is 220 Å². The normalized spacial score (nSPS) is 13.8. The quantitative estimate of drug-likeness (QED) is 0.248. The highest BCUT2D eigenvalue weighted by molar-refractivity contribution is 6.39. The summed E-state index contributed by atoms with van der Waals surface area (Å²) in [4.78, 5) is 25.5. The first-order chi connectivity index (χ1) is 17.8. The number of ether oxygens (including phenoxy) is 2. The van der Waals surface area contributed by atoms with Crippen LogP contribution < -0.4 is 9.47 Å². The SMILES string of the molecule is CC(C)Oc1cccc(C(=O)c2ccc3c(c2)c(Cl)c(C(=O)O)n3-c2ccc(OC3CCCC3)cc2)c1. The number of carbonyl (C=O) groups is 2. The van der Waals surface area contributed by atoms with Gasteiger partial charge in [0.2, 0.25) is 0 Å². The molecule has 0 atom stereocenters. The summed E-state index contributed by atoms with van der Waals surface area (Å²) in [6.07, 6.45) is 4.69. The number of fused-ring (bicyclic) bond motifs is 1. The zero-order valence-corrected chi connectivity index (χ0v) is 21.5. The summed E-state index contributed by atoms with van der Waals surface area (Å²) in [5, 5.41) is 10.6. The third-order valence-corrected chi connectivity index (χ3v) is 6.92. The minimum absolute atomic E-state index is 0.0157. The van der Waals surface area contributed by atoms with Crippen LogP contribution in [0.15, 0.2) is 66.7 Å². The molecule has 1 fully saturated rings. The maximum Gasteiger partial charge on any atom is 0.354 e. The maximum atomic E-state index is 13.3. The van der Waals surface area contributed by atoms with Crippen LogP contribution in [0, 0.1) is 0 Å². The minimum atomic E-state index is -1.15. The molecule has 1 aliphatic carbocycles. The molecule has 6 nitrogen and oxygen atoms in total. The van der Waals surface area contributed by atoms with E-state index in [2.05, 4.69) is 0 Å². The van der Waals surface area contributed by atoms with Crippen LogP contribution in [0.1, 0.15) is 65.9 Å². The molecule has 0 bridgehead atoms. The molecule has 1 N–H and O–H groups in total. The van der Waals surface area contributed by atoms with E-state index in [0.717, 1.165) is 18.6 Å². The summed E-state index contributed by atoms with van der Waals surface area (Å²) in [5.74, 6) is 0.00961. The number of aromatic carboxylic acids is 1. The van der Waals surface area contributed by atoms with Crippen molar-refractivity contribution < 1.29 is 24.2 Å². The molecule has 5 rings (SSSR count). The fourth-order valence-electron chi connectivity index (χ4n) is 4.87. The summed E-state index contributed by atoms with van der Waals surface area (Å²) >= 11 is 6.60. The number of ketones is 1. The van der Waals surface area contributed by atoms with Gasteiger partial charge in [-0.1, -0.05) is 23.7 Å². The summed E-state index contributed by atoms with van der Waals surface area (Å²) < 4.78 is 13.4. The molecule has 0 amide bonds. The van der Waals surface area contributed by atoms with Crippen LogP contribution >= 0.6 is 11.6 Å². The van der Waals surface area contributed by atoms with E-state index in [-0.39, 0.29) is 28.7 Å². The zero-order chi connectivity index (χ0) is 26.1. The Morgan fingerprint density at radius 3 is 2.32 bits per heavy atom. The number of benzene rings is 3. The van der Waals surface area contributed by atoms with Gasteiger partial charge in [-0.15, -0.1) is 0 Å². The van der Waals surface area contributed by atoms with Crippen LogP contribution in [0.2, 0.25) is 5.02 Å². The topological polar surface area (TPSA) is 77.8 Å². The highest BCUT2D eigenvalue weighted by Gasteiger charge is 2.24. The number of aromatic nitrogens is 1. The van der Waals surface area contributed by atoms with Crippen LogP contribution in [0.5, 0.6) is 11.5 Å². The molecule has 190 valence electrons. The molecule has 3 aromatic carbocycles. The van der Waals surface area contributed by atoms with E-state index in [1.165, 1.54) is 12.8 Å². The summed E-state index contributed by atoms with van der Waals surface area (Å²) in [7, 11) is 0. The molecule has 37 heavy (non-hydrogen) atoms. The first-order valence-corrected chi connectivity index (χ1v) is 12.9. The lowest BCUT2D eigenvalue weighted by atomic mass is 10.0. The second-order valence-corrected chi connectivity index (χ2v) is 9.95. The second-order valence-electron chi connectivity index (χ2n) is 9.58. The van der Waals surface area contributed by atoms with Crippen LogP contribution in [0.25, 0.3) is 16.6 Å². The summed E-state index contributed by atoms with van der Waals surface area (Å²) in [5.41, 5.74) is 2.07. The molecular weight excluding hydrogens is 490 g/mol. The van der Waals surface area contributed by atoms with Gasteiger partial charge >= 0.3 is 5.97 Å². The van der Waals surface area contributed by atoms with Gasteiger partial charge in [0.25, 0.3) is 0 Å². The molecule has 1 saturated carbocycles. The lowest BCUT2D eigenvalue weighted by Gasteiger charge is -2.14. The number of hydrogen-bond donors (Lipinski definition) is 1. The van der Waals surface area contributed by atoms with Crippen molar-refractivity contribution in [1.29, 1.82) is 0 Å². The number of carboxylic acids is 1. The Morgan fingerprint density at radius 1 is 0.946 bits per heavy atom.